The molecule has 0 spiro atoms. The third-order valence-electron chi connectivity index (χ3n) is 3.34. The molecule has 1 heterocycles. The van der Waals surface area contributed by atoms with Gasteiger partial charge in [-0.05, 0) is 24.1 Å². The number of rotatable bonds is 8. The molecule has 1 atom stereocenters. The smallest absolute Gasteiger partial charge is 0.122 e. The third-order valence-corrected chi connectivity index (χ3v) is 3.34. The summed E-state index contributed by atoms with van der Waals surface area (Å²) < 4.78 is 11.0. The van der Waals surface area contributed by atoms with Crippen molar-refractivity contribution in [2.75, 3.05) is 32.9 Å². The highest BCUT2D eigenvalue weighted by molar-refractivity contribution is 5.40. The fourth-order valence-corrected chi connectivity index (χ4v) is 2.31. The van der Waals surface area contributed by atoms with Crippen LogP contribution in [0.4, 0.5) is 0 Å². The lowest BCUT2D eigenvalue weighted by Gasteiger charge is -2.18. The van der Waals surface area contributed by atoms with Crippen molar-refractivity contribution in [1.82, 2.24) is 5.32 Å². The van der Waals surface area contributed by atoms with Gasteiger partial charge >= 0.3 is 0 Å². The number of nitrogens with two attached hydrogens (primary N) is 1. The summed E-state index contributed by atoms with van der Waals surface area (Å²) in [5.74, 6) is 1.01. The molecule has 0 aliphatic carbocycles. The van der Waals surface area contributed by atoms with Crippen LogP contribution in [0.15, 0.2) is 30.4 Å². The molecule has 0 saturated heterocycles. The SMILES string of the molecule is C=C(C)COCCNC(CN)c1ccc2c(c1)CCO2. The Labute approximate surface area is 121 Å². The summed E-state index contributed by atoms with van der Waals surface area (Å²) in [6.07, 6.45) is 0.988. The van der Waals surface area contributed by atoms with E-state index in [-0.39, 0.29) is 6.04 Å². The molecule has 4 heteroatoms. The molecular formula is C16H24N2O2. The van der Waals surface area contributed by atoms with Crippen LogP contribution in [0.2, 0.25) is 0 Å². The minimum absolute atomic E-state index is 0.161. The Hall–Kier alpha value is -1.36. The van der Waals surface area contributed by atoms with Crippen molar-refractivity contribution >= 4 is 0 Å². The summed E-state index contributed by atoms with van der Waals surface area (Å²) in [6, 6.07) is 6.49. The van der Waals surface area contributed by atoms with Gasteiger partial charge in [0.1, 0.15) is 5.75 Å². The Morgan fingerprint density at radius 3 is 3.15 bits per heavy atom. The van der Waals surface area contributed by atoms with Crippen LogP contribution in [0.25, 0.3) is 0 Å². The zero-order valence-corrected chi connectivity index (χ0v) is 12.2. The number of fused-ring (bicyclic) bond motifs is 1. The summed E-state index contributed by atoms with van der Waals surface area (Å²) in [6.45, 7) is 9.19. The predicted octanol–water partition coefficient (Wildman–Crippen LogP) is 1.80. The first-order chi connectivity index (χ1) is 9.70. The molecule has 0 amide bonds. The molecule has 110 valence electrons. The van der Waals surface area contributed by atoms with Crippen LogP contribution < -0.4 is 15.8 Å². The van der Waals surface area contributed by atoms with E-state index in [1.807, 2.05) is 13.0 Å². The number of hydrogen-bond acceptors (Lipinski definition) is 4. The van der Waals surface area contributed by atoms with E-state index >= 15 is 0 Å². The molecule has 1 aromatic rings. The Morgan fingerprint density at radius 1 is 1.55 bits per heavy atom. The molecule has 0 saturated carbocycles. The average molecular weight is 276 g/mol. The summed E-state index contributed by atoms with van der Waals surface area (Å²) >= 11 is 0. The van der Waals surface area contributed by atoms with Gasteiger partial charge in [-0.15, -0.1) is 0 Å². The topological polar surface area (TPSA) is 56.5 Å². The van der Waals surface area contributed by atoms with Gasteiger partial charge in [0.2, 0.25) is 0 Å². The van der Waals surface area contributed by atoms with E-state index in [9.17, 15) is 0 Å². The van der Waals surface area contributed by atoms with Crippen LogP contribution in [-0.2, 0) is 11.2 Å². The van der Waals surface area contributed by atoms with Crippen molar-refractivity contribution in [2.45, 2.75) is 19.4 Å². The molecule has 1 aliphatic rings. The molecule has 1 aromatic carbocycles. The van der Waals surface area contributed by atoms with E-state index in [2.05, 4.69) is 24.0 Å². The van der Waals surface area contributed by atoms with Crippen LogP contribution in [0.1, 0.15) is 24.1 Å². The number of nitrogens with one attached hydrogen (secondary N) is 1. The first-order valence-electron chi connectivity index (χ1n) is 7.12. The summed E-state index contributed by atoms with van der Waals surface area (Å²) in [7, 11) is 0. The standard InChI is InChI=1S/C16H24N2O2/c1-12(2)11-19-8-6-18-15(10-17)13-3-4-16-14(9-13)5-7-20-16/h3-4,9,15,18H,1,5-8,10-11,17H2,2H3. The fourth-order valence-electron chi connectivity index (χ4n) is 2.31. The van der Waals surface area contributed by atoms with Gasteiger partial charge < -0.3 is 20.5 Å². The van der Waals surface area contributed by atoms with E-state index in [0.29, 0.717) is 19.8 Å². The van der Waals surface area contributed by atoms with Gasteiger partial charge in [0, 0.05) is 25.6 Å². The maximum absolute atomic E-state index is 5.86. The van der Waals surface area contributed by atoms with Gasteiger partial charge in [-0.25, -0.2) is 0 Å². The van der Waals surface area contributed by atoms with E-state index in [1.165, 1.54) is 11.1 Å². The lowest BCUT2D eigenvalue weighted by molar-refractivity contribution is 0.155. The first kappa shape index (κ1) is 15.0. The molecule has 3 N–H and O–H groups in total. The predicted molar refractivity (Wildman–Crippen MR) is 81.1 cm³/mol. The van der Waals surface area contributed by atoms with Crippen molar-refractivity contribution in [2.24, 2.45) is 5.73 Å². The lowest BCUT2D eigenvalue weighted by atomic mass is 10.0. The molecule has 4 nitrogen and oxygen atoms in total. The van der Waals surface area contributed by atoms with Crippen molar-refractivity contribution < 1.29 is 9.47 Å². The Balaban J connectivity index is 1.83. The molecule has 0 aromatic heterocycles. The monoisotopic (exact) mass is 276 g/mol. The summed E-state index contributed by atoms with van der Waals surface area (Å²) in [5.41, 5.74) is 9.40. The van der Waals surface area contributed by atoms with E-state index < -0.39 is 0 Å². The second-order valence-electron chi connectivity index (χ2n) is 5.22. The van der Waals surface area contributed by atoms with Gasteiger partial charge in [-0.2, -0.15) is 0 Å². The number of hydrogen-bond donors (Lipinski definition) is 2. The highest BCUT2D eigenvalue weighted by Crippen LogP contribution is 2.27. The number of benzene rings is 1. The molecular weight excluding hydrogens is 252 g/mol. The Kier molecular flexibility index (Phi) is 5.59. The van der Waals surface area contributed by atoms with Crippen LogP contribution in [-0.4, -0.2) is 32.9 Å². The highest BCUT2D eigenvalue weighted by atomic mass is 16.5. The number of ether oxygens (including phenoxy) is 2. The molecule has 1 aliphatic heterocycles. The first-order valence-corrected chi connectivity index (χ1v) is 7.12. The maximum atomic E-state index is 5.86. The Morgan fingerprint density at radius 2 is 2.40 bits per heavy atom. The molecule has 0 bridgehead atoms. The second-order valence-corrected chi connectivity index (χ2v) is 5.22. The minimum Gasteiger partial charge on any atom is -0.493 e. The van der Waals surface area contributed by atoms with Crippen molar-refractivity contribution in [1.29, 1.82) is 0 Å². The summed E-state index contributed by atoms with van der Waals surface area (Å²) in [4.78, 5) is 0. The van der Waals surface area contributed by atoms with E-state index in [4.69, 9.17) is 15.2 Å². The third kappa shape index (κ3) is 4.07. The zero-order chi connectivity index (χ0) is 14.4. The normalized spacial score (nSPS) is 14.7. The molecule has 0 radical (unpaired) electrons. The largest absolute Gasteiger partial charge is 0.493 e. The zero-order valence-electron chi connectivity index (χ0n) is 12.2. The Bertz CT molecular complexity index is 460. The molecule has 1 unspecified atom stereocenters. The molecule has 20 heavy (non-hydrogen) atoms. The van der Waals surface area contributed by atoms with Gasteiger partial charge in [0.05, 0.1) is 19.8 Å². The van der Waals surface area contributed by atoms with Gasteiger partial charge in [0.25, 0.3) is 0 Å². The quantitative estimate of drug-likeness (QED) is 0.561. The average Bonchev–Trinajstić information content (AvgIpc) is 2.89. The fraction of sp³-hybridized carbons (Fsp3) is 0.500. The second kappa shape index (κ2) is 7.43. The van der Waals surface area contributed by atoms with Crippen molar-refractivity contribution in [3.05, 3.63) is 41.5 Å². The summed E-state index contributed by atoms with van der Waals surface area (Å²) in [5, 5.41) is 3.43. The minimum atomic E-state index is 0.161. The van der Waals surface area contributed by atoms with Gasteiger partial charge in [-0.3, -0.25) is 0 Å². The van der Waals surface area contributed by atoms with Crippen molar-refractivity contribution in [3.8, 4) is 5.75 Å². The van der Waals surface area contributed by atoms with E-state index in [0.717, 1.165) is 30.9 Å². The van der Waals surface area contributed by atoms with Gasteiger partial charge in [-0.1, -0.05) is 24.3 Å². The van der Waals surface area contributed by atoms with Crippen molar-refractivity contribution in [3.63, 3.8) is 0 Å². The molecule has 2 rings (SSSR count). The van der Waals surface area contributed by atoms with Crippen LogP contribution in [0.5, 0.6) is 5.75 Å². The highest BCUT2D eigenvalue weighted by Gasteiger charge is 2.15. The van der Waals surface area contributed by atoms with Crippen LogP contribution >= 0.6 is 0 Å². The lowest BCUT2D eigenvalue weighted by Crippen LogP contribution is -2.31. The van der Waals surface area contributed by atoms with E-state index in [1.54, 1.807) is 0 Å². The maximum Gasteiger partial charge on any atom is 0.122 e. The van der Waals surface area contributed by atoms with Gasteiger partial charge in [0.15, 0.2) is 0 Å². The van der Waals surface area contributed by atoms with Crippen LogP contribution in [0.3, 0.4) is 0 Å². The molecule has 0 fully saturated rings. The van der Waals surface area contributed by atoms with Crippen LogP contribution in [0, 0.1) is 0 Å².